The Morgan fingerprint density at radius 3 is 2.50 bits per heavy atom. The van der Waals surface area contributed by atoms with Crippen molar-refractivity contribution in [3.8, 4) is 0 Å². The monoisotopic (exact) mass is 324 g/mol. The normalized spacial score (nSPS) is 22.5. The van der Waals surface area contributed by atoms with Crippen molar-refractivity contribution in [3.05, 3.63) is 11.8 Å². The highest BCUT2D eigenvalue weighted by Gasteiger charge is 2.24. The van der Waals surface area contributed by atoms with Crippen LogP contribution in [0.2, 0.25) is 0 Å². The zero-order valence-electron chi connectivity index (χ0n) is 13.1. The van der Waals surface area contributed by atoms with Crippen molar-refractivity contribution in [3.63, 3.8) is 0 Å². The lowest BCUT2D eigenvalue weighted by Crippen LogP contribution is -2.33. The van der Waals surface area contributed by atoms with Gasteiger partial charge in [-0.3, -0.25) is 0 Å². The summed E-state index contributed by atoms with van der Waals surface area (Å²) in [6.07, 6.45) is 4.99. The van der Waals surface area contributed by atoms with E-state index in [2.05, 4.69) is 20.2 Å². The van der Waals surface area contributed by atoms with Crippen LogP contribution in [0, 0.1) is 6.92 Å². The minimum atomic E-state index is -2.82. The molecule has 2 fully saturated rings. The molecule has 7 heteroatoms. The van der Waals surface area contributed by atoms with Gasteiger partial charge in [0.15, 0.2) is 0 Å². The number of hydrogen-bond donors (Lipinski definition) is 1. The van der Waals surface area contributed by atoms with Crippen LogP contribution in [-0.4, -0.2) is 49.0 Å². The predicted octanol–water partition coefficient (Wildman–Crippen LogP) is 1.76. The maximum Gasteiger partial charge on any atom is 0.227 e. The van der Waals surface area contributed by atoms with Crippen LogP contribution in [0.15, 0.2) is 6.07 Å². The topological polar surface area (TPSA) is 75.2 Å². The molecule has 1 N–H and O–H groups in total. The summed E-state index contributed by atoms with van der Waals surface area (Å²) in [5.41, 5.74) is 0.946. The summed E-state index contributed by atoms with van der Waals surface area (Å²) < 4.78 is 23.0. The smallest absolute Gasteiger partial charge is 0.227 e. The molecule has 3 heterocycles. The second-order valence-corrected chi connectivity index (χ2v) is 8.62. The lowest BCUT2D eigenvalue weighted by atomic mass is 10.1. The molecule has 0 amide bonds. The third-order valence-electron chi connectivity index (χ3n) is 4.39. The number of sulfone groups is 1. The van der Waals surface area contributed by atoms with Gasteiger partial charge in [0, 0.05) is 30.9 Å². The van der Waals surface area contributed by atoms with Crippen molar-refractivity contribution in [2.45, 2.75) is 45.1 Å². The fourth-order valence-electron chi connectivity index (χ4n) is 3.11. The van der Waals surface area contributed by atoms with Gasteiger partial charge in [-0.25, -0.2) is 13.4 Å². The number of aromatic nitrogens is 2. The Morgan fingerprint density at radius 1 is 1.14 bits per heavy atom. The molecule has 0 atom stereocenters. The third kappa shape index (κ3) is 3.88. The highest BCUT2D eigenvalue weighted by molar-refractivity contribution is 7.91. The van der Waals surface area contributed by atoms with Gasteiger partial charge < -0.3 is 10.2 Å². The minimum Gasteiger partial charge on any atom is -0.367 e. The molecule has 0 spiro atoms. The molecule has 0 radical (unpaired) electrons. The Morgan fingerprint density at radius 2 is 1.82 bits per heavy atom. The standard InChI is InChI=1S/C15H24N4O2S/c1-12-11-14(17-13-5-9-22(20,21)10-6-13)18-15(16-12)19-7-3-2-4-8-19/h11,13H,2-10H2,1H3,(H,16,17,18). The van der Waals surface area contributed by atoms with Crippen LogP contribution in [0.4, 0.5) is 11.8 Å². The van der Waals surface area contributed by atoms with Crippen molar-refractivity contribution >= 4 is 21.6 Å². The molecule has 2 aliphatic rings. The molecular formula is C15H24N4O2S. The molecule has 2 saturated heterocycles. The van der Waals surface area contributed by atoms with E-state index in [1.165, 1.54) is 19.3 Å². The van der Waals surface area contributed by atoms with Gasteiger partial charge in [0.25, 0.3) is 0 Å². The molecular weight excluding hydrogens is 300 g/mol. The maximum absolute atomic E-state index is 11.5. The molecule has 2 aliphatic heterocycles. The van der Waals surface area contributed by atoms with Gasteiger partial charge in [-0.2, -0.15) is 4.98 Å². The first-order valence-electron chi connectivity index (χ1n) is 8.09. The number of aryl methyl sites for hydroxylation is 1. The number of anilines is 2. The predicted molar refractivity (Wildman–Crippen MR) is 88.1 cm³/mol. The van der Waals surface area contributed by atoms with Crippen LogP contribution >= 0.6 is 0 Å². The molecule has 0 unspecified atom stereocenters. The Hall–Kier alpha value is -1.37. The number of hydrogen-bond acceptors (Lipinski definition) is 6. The molecule has 1 aromatic heterocycles. The zero-order valence-corrected chi connectivity index (χ0v) is 13.9. The first kappa shape index (κ1) is 15.5. The van der Waals surface area contributed by atoms with E-state index in [4.69, 9.17) is 0 Å². The van der Waals surface area contributed by atoms with Crippen LogP contribution in [0.1, 0.15) is 37.8 Å². The largest absolute Gasteiger partial charge is 0.367 e. The highest BCUT2D eigenvalue weighted by Crippen LogP contribution is 2.21. The van der Waals surface area contributed by atoms with Crippen molar-refractivity contribution < 1.29 is 8.42 Å². The lowest BCUT2D eigenvalue weighted by molar-refractivity contribution is 0.557. The van der Waals surface area contributed by atoms with E-state index in [-0.39, 0.29) is 17.5 Å². The van der Waals surface area contributed by atoms with Gasteiger partial charge in [0.2, 0.25) is 5.95 Å². The number of nitrogens with one attached hydrogen (secondary N) is 1. The number of nitrogens with zero attached hydrogens (tertiary/aromatic N) is 3. The van der Waals surface area contributed by atoms with Crippen molar-refractivity contribution in [1.29, 1.82) is 0 Å². The van der Waals surface area contributed by atoms with Gasteiger partial charge in [-0.1, -0.05) is 0 Å². The minimum absolute atomic E-state index is 0.187. The van der Waals surface area contributed by atoms with Gasteiger partial charge in [0.1, 0.15) is 15.7 Å². The number of rotatable bonds is 3. The number of piperidine rings is 1. The molecule has 122 valence electrons. The molecule has 0 saturated carbocycles. The van der Waals surface area contributed by atoms with Crippen LogP contribution in [0.3, 0.4) is 0 Å². The molecule has 3 rings (SSSR count). The lowest BCUT2D eigenvalue weighted by Gasteiger charge is -2.28. The fraction of sp³-hybridized carbons (Fsp3) is 0.733. The molecule has 0 aliphatic carbocycles. The van der Waals surface area contributed by atoms with Crippen LogP contribution in [0.5, 0.6) is 0 Å². The molecule has 6 nitrogen and oxygen atoms in total. The third-order valence-corrected chi connectivity index (χ3v) is 6.10. The van der Waals surface area contributed by atoms with E-state index in [0.29, 0.717) is 12.8 Å². The first-order valence-corrected chi connectivity index (χ1v) is 9.92. The van der Waals surface area contributed by atoms with Crippen molar-refractivity contribution in [1.82, 2.24) is 9.97 Å². The average molecular weight is 324 g/mol. The first-order chi connectivity index (χ1) is 10.5. The van der Waals surface area contributed by atoms with E-state index in [1.807, 2.05) is 13.0 Å². The Kier molecular flexibility index (Phi) is 4.52. The summed E-state index contributed by atoms with van der Waals surface area (Å²) in [7, 11) is -2.82. The second-order valence-electron chi connectivity index (χ2n) is 6.31. The SMILES string of the molecule is Cc1cc(NC2CCS(=O)(=O)CC2)nc(N2CCCCC2)n1. The summed E-state index contributed by atoms with van der Waals surface area (Å²) in [6.45, 7) is 4.01. The van der Waals surface area contributed by atoms with Crippen LogP contribution in [-0.2, 0) is 9.84 Å². The summed E-state index contributed by atoms with van der Waals surface area (Å²) in [4.78, 5) is 11.4. The second kappa shape index (κ2) is 6.40. The van der Waals surface area contributed by atoms with Crippen LogP contribution in [0.25, 0.3) is 0 Å². The quantitative estimate of drug-likeness (QED) is 0.913. The Balaban J connectivity index is 1.69. The highest BCUT2D eigenvalue weighted by atomic mass is 32.2. The zero-order chi connectivity index (χ0) is 15.6. The van der Waals surface area contributed by atoms with E-state index < -0.39 is 9.84 Å². The van der Waals surface area contributed by atoms with E-state index in [0.717, 1.165) is 30.5 Å². The van der Waals surface area contributed by atoms with Crippen molar-refractivity contribution in [2.75, 3.05) is 34.8 Å². The molecule has 22 heavy (non-hydrogen) atoms. The van der Waals surface area contributed by atoms with Crippen molar-refractivity contribution in [2.24, 2.45) is 0 Å². The van der Waals surface area contributed by atoms with E-state index >= 15 is 0 Å². The summed E-state index contributed by atoms with van der Waals surface area (Å²) in [6, 6.07) is 2.13. The molecule has 0 bridgehead atoms. The molecule has 1 aromatic rings. The Bertz CT molecular complexity index is 612. The Labute approximate surface area is 132 Å². The summed E-state index contributed by atoms with van der Waals surface area (Å²) in [5.74, 6) is 2.16. The summed E-state index contributed by atoms with van der Waals surface area (Å²) >= 11 is 0. The fourth-order valence-corrected chi connectivity index (χ4v) is 4.60. The van der Waals surface area contributed by atoms with Gasteiger partial charge >= 0.3 is 0 Å². The summed E-state index contributed by atoms with van der Waals surface area (Å²) in [5, 5.41) is 3.40. The van der Waals surface area contributed by atoms with Gasteiger partial charge in [-0.15, -0.1) is 0 Å². The van der Waals surface area contributed by atoms with Gasteiger partial charge in [-0.05, 0) is 39.0 Å². The molecule has 0 aromatic carbocycles. The van der Waals surface area contributed by atoms with Gasteiger partial charge in [0.05, 0.1) is 11.5 Å². The van der Waals surface area contributed by atoms with Crippen LogP contribution < -0.4 is 10.2 Å². The van der Waals surface area contributed by atoms with E-state index in [9.17, 15) is 8.42 Å². The average Bonchev–Trinajstić information content (AvgIpc) is 2.50. The van der Waals surface area contributed by atoms with E-state index in [1.54, 1.807) is 0 Å². The maximum atomic E-state index is 11.5.